The van der Waals surface area contributed by atoms with Crippen LogP contribution in [0, 0.1) is 0 Å². The van der Waals surface area contributed by atoms with E-state index in [9.17, 15) is 0 Å². The summed E-state index contributed by atoms with van der Waals surface area (Å²) >= 11 is 2.21. The average Bonchev–Trinajstić information content (AvgIpc) is 2.58. The fourth-order valence-corrected chi connectivity index (χ4v) is 4.14. The van der Waals surface area contributed by atoms with Crippen molar-refractivity contribution in [2.45, 2.75) is 56.7 Å². The van der Waals surface area contributed by atoms with Crippen molar-refractivity contribution in [3.8, 4) is 0 Å². The van der Waals surface area contributed by atoms with E-state index in [1.165, 1.54) is 50.9 Å². The van der Waals surface area contributed by atoms with Crippen LogP contribution in [0.4, 0.5) is 0 Å². The third kappa shape index (κ3) is 2.21. The zero-order chi connectivity index (χ0) is 9.10. The number of unbranched alkanes of at least 4 members (excludes halogenated alkanes) is 1. The van der Waals surface area contributed by atoms with Crippen molar-refractivity contribution in [3.05, 3.63) is 0 Å². The quantitative estimate of drug-likeness (QED) is 0.687. The minimum Gasteiger partial charge on any atom is -0.290 e. The first-order valence-electron chi connectivity index (χ1n) is 5.77. The van der Waals surface area contributed by atoms with Crippen molar-refractivity contribution in [1.29, 1.82) is 0 Å². The van der Waals surface area contributed by atoms with Gasteiger partial charge in [-0.3, -0.25) is 4.90 Å². The highest BCUT2D eigenvalue weighted by Crippen LogP contribution is 2.38. The van der Waals surface area contributed by atoms with Gasteiger partial charge in [0, 0.05) is 17.2 Å². The molecule has 0 aromatic heterocycles. The highest BCUT2D eigenvalue weighted by Gasteiger charge is 2.35. The molecule has 2 heteroatoms. The molecule has 0 N–H and O–H groups in total. The maximum absolute atomic E-state index is 2.73. The van der Waals surface area contributed by atoms with Crippen LogP contribution in [0.2, 0.25) is 0 Å². The van der Waals surface area contributed by atoms with Gasteiger partial charge in [-0.05, 0) is 25.8 Å². The molecule has 0 aromatic rings. The van der Waals surface area contributed by atoms with E-state index >= 15 is 0 Å². The van der Waals surface area contributed by atoms with Crippen molar-refractivity contribution in [1.82, 2.24) is 4.90 Å². The molecule has 2 atom stereocenters. The smallest absolute Gasteiger partial charge is 0.0451 e. The van der Waals surface area contributed by atoms with E-state index in [0.29, 0.717) is 0 Å². The van der Waals surface area contributed by atoms with E-state index < -0.39 is 0 Å². The summed E-state index contributed by atoms with van der Waals surface area (Å²) in [6, 6.07) is 0.949. The Morgan fingerprint density at radius 1 is 1.31 bits per heavy atom. The lowest BCUT2D eigenvalue weighted by molar-refractivity contribution is 0.205. The molecule has 76 valence electrons. The summed E-state index contributed by atoms with van der Waals surface area (Å²) in [4.78, 5) is 2.73. The molecule has 0 unspecified atom stereocenters. The van der Waals surface area contributed by atoms with Crippen LogP contribution in [0.25, 0.3) is 0 Å². The van der Waals surface area contributed by atoms with Gasteiger partial charge in [-0.25, -0.2) is 0 Å². The maximum atomic E-state index is 2.73. The van der Waals surface area contributed by atoms with Gasteiger partial charge in [0.2, 0.25) is 0 Å². The standard InChI is InChI=1S/C11H21NS/c1-2-3-8-12-9-13-11-7-5-4-6-10(11)12/h10-11H,2-9H2,1H3/t10-,11-/m1/s1. The average molecular weight is 199 g/mol. The second kappa shape index (κ2) is 4.70. The van der Waals surface area contributed by atoms with Gasteiger partial charge in [-0.2, -0.15) is 0 Å². The monoisotopic (exact) mass is 199 g/mol. The number of nitrogens with zero attached hydrogens (tertiary/aromatic N) is 1. The van der Waals surface area contributed by atoms with Gasteiger partial charge < -0.3 is 0 Å². The zero-order valence-corrected chi connectivity index (χ0v) is 9.48. The fraction of sp³-hybridized carbons (Fsp3) is 1.00. The summed E-state index contributed by atoms with van der Waals surface area (Å²) in [6.45, 7) is 3.65. The summed E-state index contributed by atoms with van der Waals surface area (Å²) in [5, 5.41) is 0.991. The third-order valence-corrected chi connectivity index (χ3v) is 4.85. The Bertz CT molecular complexity index is 160. The summed E-state index contributed by atoms with van der Waals surface area (Å²) in [5.74, 6) is 1.31. The molecule has 1 heterocycles. The maximum Gasteiger partial charge on any atom is 0.0451 e. The molecule has 0 aromatic carbocycles. The van der Waals surface area contributed by atoms with Crippen LogP contribution in [0.5, 0.6) is 0 Å². The van der Waals surface area contributed by atoms with Crippen molar-refractivity contribution >= 4 is 11.8 Å². The first kappa shape index (κ1) is 9.85. The minimum atomic E-state index is 0.949. The predicted octanol–water partition coefficient (Wildman–Crippen LogP) is 3.10. The molecule has 13 heavy (non-hydrogen) atoms. The Morgan fingerprint density at radius 2 is 2.15 bits per heavy atom. The van der Waals surface area contributed by atoms with Crippen LogP contribution in [-0.4, -0.2) is 28.6 Å². The first-order valence-corrected chi connectivity index (χ1v) is 6.82. The van der Waals surface area contributed by atoms with Crippen LogP contribution in [0.1, 0.15) is 45.4 Å². The lowest BCUT2D eigenvalue weighted by Crippen LogP contribution is -2.37. The molecule has 2 rings (SSSR count). The molecule has 1 saturated heterocycles. The summed E-state index contributed by atoms with van der Waals surface area (Å²) in [6.07, 6.45) is 8.65. The van der Waals surface area contributed by atoms with E-state index in [1.807, 2.05) is 0 Å². The largest absolute Gasteiger partial charge is 0.290 e. The molecule has 0 spiro atoms. The SMILES string of the molecule is CCCCN1CS[C@@H]2CCCC[C@H]21. The van der Waals surface area contributed by atoms with E-state index in [2.05, 4.69) is 23.6 Å². The number of thioether (sulfide) groups is 1. The van der Waals surface area contributed by atoms with E-state index in [0.717, 1.165) is 11.3 Å². The van der Waals surface area contributed by atoms with Crippen molar-refractivity contribution < 1.29 is 0 Å². The van der Waals surface area contributed by atoms with E-state index in [4.69, 9.17) is 0 Å². The van der Waals surface area contributed by atoms with Crippen LogP contribution in [0.15, 0.2) is 0 Å². The summed E-state index contributed by atoms with van der Waals surface area (Å²) < 4.78 is 0. The second-order valence-electron chi connectivity index (χ2n) is 4.35. The van der Waals surface area contributed by atoms with E-state index in [1.54, 1.807) is 0 Å². The van der Waals surface area contributed by atoms with E-state index in [-0.39, 0.29) is 0 Å². The lowest BCUT2D eigenvalue weighted by Gasteiger charge is -2.30. The van der Waals surface area contributed by atoms with Gasteiger partial charge in [0.05, 0.1) is 0 Å². The van der Waals surface area contributed by atoms with Crippen molar-refractivity contribution in [2.24, 2.45) is 0 Å². The van der Waals surface area contributed by atoms with Crippen LogP contribution < -0.4 is 0 Å². The molecule has 0 amide bonds. The van der Waals surface area contributed by atoms with Gasteiger partial charge >= 0.3 is 0 Å². The molecule has 0 bridgehead atoms. The Balaban J connectivity index is 1.84. The number of rotatable bonds is 3. The van der Waals surface area contributed by atoms with Crippen LogP contribution in [-0.2, 0) is 0 Å². The number of hydrogen-bond donors (Lipinski definition) is 0. The predicted molar refractivity (Wildman–Crippen MR) is 60.1 cm³/mol. The molecule has 0 radical (unpaired) electrons. The van der Waals surface area contributed by atoms with Gasteiger partial charge in [-0.15, -0.1) is 11.8 Å². The molecule has 2 fully saturated rings. The molecular weight excluding hydrogens is 178 g/mol. The molecule has 1 aliphatic carbocycles. The van der Waals surface area contributed by atoms with Crippen molar-refractivity contribution in [3.63, 3.8) is 0 Å². The number of hydrogen-bond acceptors (Lipinski definition) is 2. The molecule has 1 nitrogen and oxygen atoms in total. The van der Waals surface area contributed by atoms with Crippen molar-refractivity contribution in [2.75, 3.05) is 12.4 Å². The first-order chi connectivity index (χ1) is 6.42. The summed E-state index contributed by atoms with van der Waals surface area (Å²) in [7, 11) is 0. The fourth-order valence-electron chi connectivity index (χ4n) is 2.57. The highest BCUT2D eigenvalue weighted by molar-refractivity contribution is 8.00. The Morgan fingerprint density at radius 3 is 3.00 bits per heavy atom. The van der Waals surface area contributed by atoms with Gasteiger partial charge in [-0.1, -0.05) is 26.2 Å². The topological polar surface area (TPSA) is 3.24 Å². The molecule has 1 aliphatic heterocycles. The Hall–Kier alpha value is 0.310. The van der Waals surface area contributed by atoms with Crippen LogP contribution >= 0.6 is 11.8 Å². The summed E-state index contributed by atoms with van der Waals surface area (Å²) in [5.41, 5.74) is 0. The second-order valence-corrected chi connectivity index (χ2v) is 5.55. The molecule has 1 saturated carbocycles. The van der Waals surface area contributed by atoms with Gasteiger partial charge in [0.25, 0.3) is 0 Å². The Kier molecular flexibility index (Phi) is 3.56. The van der Waals surface area contributed by atoms with Crippen LogP contribution in [0.3, 0.4) is 0 Å². The normalized spacial score (nSPS) is 34.8. The minimum absolute atomic E-state index is 0.949. The Labute approximate surface area is 86.3 Å². The van der Waals surface area contributed by atoms with Gasteiger partial charge in [0.15, 0.2) is 0 Å². The highest BCUT2D eigenvalue weighted by atomic mass is 32.2. The number of fused-ring (bicyclic) bond motifs is 1. The third-order valence-electron chi connectivity index (χ3n) is 3.39. The van der Waals surface area contributed by atoms with Gasteiger partial charge in [0.1, 0.15) is 0 Å². The molecule has 2 aliphatic rings. The zero-order valence-electron chi connectivity index (χ0n) is 8.67. The molecular formula is C11H21NS. The lowest BCUT2D eigenvalue weighted by atomic mass is 9.94.